The van der Waals surface area contributed by atoms with Gasteiger partial charge in [0.1, 0.15) is 11.5 Å². The van der Waals surface area contributed by atoms with Crippen LogP contribution in [0.2, 0.25) is 13.1 Å². The molecule has 2 aliphatic rings. The molecule has 0 aromatic carbocycles. The standard InChI is InChI=1S/C18H20O2Si/c1-11-9-13-5-7-19-15(13)17(11)21(3,4)18-12(2)10-14-6-8-20-16(14)18/h5-10,17-18H,1-4H3. The first-order chi connectivity index (χ1) is 10.00. The second kappa shape index (κ2) is 4.14. The molecule has 0 saturated heterocycles. The van der Waals surface area contributed by atoms with Crippen molar-refractivity contribution < 1.29 is 8.83 Å². The Hall–Kier alpha value is -1.74. The molecule has 2 aromatic rings. The molecule has 0 spiro atoms. The zero-order chi connectivity index (χ0) is 14.8. The Morgan fingerprint density at radius 3 is 1.67 bits per heavy atom. The van der Waals surface area contributed by atoms with Gasteiger partial charge in [-0.05, 0) is 26.0 Å². The van der Waals surface area contributed by atoms with Crippen LogP contribution in [0.4, 0.5) is 0 Å². The van der Waals surface area contributed by atoms with E-state index in [4.69, 9.17) is 8.83 Å². The van der Waals surface area contributed by atoms with Gasteiger partial charge in [0.25, 0.3) is 0 Å². The molecule has 2 atom stereocenters. The number of allylic oxidation sites excluding steroid dienone is 2. The third kappa shape index (κ3) is 1.64. The van der Waals surface area contributed by atoms with Crippen molar-refractivity contribution in [1.82, 2.24) is 0 Å². The summed E-state index contributed by atoms with van der Waals surface area (Å²) in [5.74, 6) is 2.33. The summed E-state index contributed by atoms with van der Waals surface area (Å²) in [7, 11) is -1.72. The number of hydrogen-bond donors (Lipinski definition) is 0. The van der Waals surface area contributed by atoms with Gasteiger partial charge in [-0.2, -0.15) is 0 Å². The van der Waals surface area contributed by atoms with Crippen LogP contribution in [0.5, 0.6) is 0 Å². The van der Waals surface area contributed by atoms with Crippen LogP contribution in [0.15, 0.2) is 44.6 Å². The van der Waals surface area contributed by atoms with E-state index in [9.17, 15) is 0 Å². The predicted octanol–water partition coefficient (Wildman–Crippen LogP) is 5.36. The average molecular weight is 296 g/mol. The molecule has 2 aliphatic carbocycles. The third-order valence-electron chi connectivity index (χ3n) is 5.14. The highest BCUT2D eigenvalue weighted by atomic mass is 28.3. The molecular formula is C18H20O2Si. The van der Waals surface area contributed by atoms with E-state index in [1.807, 2.05) is 12.5 Å². The van der Waals surface area contributed by atoms with Gasteiger partial charge in [0.2, 0.25) is 0 Å². The van der Waals surface area contributed by atoms with E-state index in [-0.39, 0.29) is 0 Å². The Labute approximate surface area is 126 Å². The fraction of sp³-hybridized carbons (Fsp3) is 0.333. The van der Waals surface area contributed by atoms with Crippen LogP contribution < -0.4 is 0 Å². The molecule has 0 aliphatic heterocycles. The van der Waals surface area contributed by atoms with Gasteiger partial charge in [0.15, 0.2) is 0 Å². The first-order valence-electron chi connectivity index (χ1n) is 7.51. The van der Waals surface area contributed by atoms with Crippen LogP contribution in [0, 0.1) is 0 Å². The summed E-state index contributed by atoms with van der Waals surface area (Å²) in [5.41, 5.74) is 6.27. The fourth-order valence-corrected chi connectivity index (χ4v) is 9.12. The molecule has 0 saturated carbocycles. The average Bonchev–Trinajstić information content (AvgIpc) is 3.07. The highest BCUT2D eigenvalue weighted by Gasteiger charge is 2.49. The quantitative estimate of drug-likeness (QED) is 0.697. The summed E-state index contributed by atoms with van der Waals surface area (Å²) in [4.78, 5) is 0. The van der Waals surface area contributed by atoms with Crippen LogP contribution >= 0.6 is 0 Å². The lowest BCUT2D eigenvalue weighted by Gasteiger charge is -2.36. The van der Waals surface area contributed by atoms with E-state index in [2.05, 4.69) is 51.2 Å². The minimum Gasteiger partial charge on any atom is -0.468 e. The van der Waals surface area contributed by atoms with E-state index in [0.717, 1.165) is 11.5 Å². The van der Waals surface area contributed by atoms with Gasteiger partial charge in [-0.3, -0.25) is 0 Å². The van der Waals surface area contributed by atoms with Gasteiger partial charge in [-0.1, -0.05) is 36.4 Å². The van der Waals surface area contributed by atoms with Gasteiger partial charge in [-0.25, -0.2) is 0 Å². The Morgan fingerprint density at radius 2 is 1.24 bits per heavy atom. The minimum absolute atomic E-state index is 0.437. The fourth-order valence-electron chi connectivity index (χ4n) is 4.46. The van der Waals surface area contributed by atoms with Crippen LogP contribution in [0.3, 0.4) is 0 Å². The smallest absolute Gasteiger partial charge is 0.115 e. The summed E-state index contributed by atoms with van der Waals surface area (Å²) in [6, 6.07) is 4.16. The Balaban J connectivity index is 1.82. The second-order valence-corrected chi connectivity index (χ2v) is 11.7. The molecule has 2 nitrogen and oxygen atoms in total. The summed E-state index contributed by atoms with van der Waals surface area (Å²) in [6.07, 6.45) is 8.21. The molecule has 21 heavy (non-hydrogen) atoms. The van der Waals surface area contributed by atoms with E-state index in [1.54, 1.807) is 0 Å². The number of furan rings is 2. The summed E-state index contributed by atoms with van der Waals surface area (Å²) in [5, 5.41) is 0. The highest BCUT2D eigenvalue weighted by molar-refractivity contribution is 6.81. The molecule has 2 unspecified atom stereocenters. The predicted molar refractivity (Wildman–Crippen MR) is 87.7 cm³/mol. The minimum atomic E-state index is -1.72. The monoisotopic (exact) mass is 296 g/mol. The largest absolute Gasteiger partial charge is 0.468 e. The number of fused-ring (bicyclic) bond motifs is 2. The Kier molecular flexibility index (Phi) is 2.55. The molecule has 0 bridgehead atoms. The lowest BCUT2D eigenvalue weighted by Crippen LogP contribution is -2.42. The topological polar surface area (TPSA) is 26.3 Å². The van der Waals surface area contributed by atoms with Crippen molar-refractivity contribution in [3.8, 4) is 0 Å². The second-order valence-electron chi connectivity index (χ2n) is 6.94. The zero-order valence-corrected chi connectivity index (χ0v) is 13.9. The van der Waals surface area contributed by atoms with Gasteiger partial charge in [-0.15, -0.1) is 0 Å². The van der Waals surface area contributed by atoms with Crippen molar-refractivity contribution in [2.45, 2.75) is 38.0 Å². The normalized spacial score (nSPS) is 23.8. The molecule has 0 N–H and O–H groups in total. The molecule has 0 fully saturated rings. The van der Waals surface area contributed by atoms with Crippen LogP contribution in [0.1, 0.15) is 47.6 Å². The van der Waals surface area contributed by atoms with Gasteiger partial charge < -0.3 is 8.83 Å². The van der Waals surface area contributed by atoms with E-state index >= 15 is 0 Å². The molecule has 4 rings (SSSR count). The maximum atomic E-state index is 5.84. The maximum absolute atomic E-state index is 5.84. The molecule has 2 heterocycles. The molecular weight excluding hydrogens is 276 g/mol. The highest BCUT2D eigenvalue weighted by Crippen LogP contribution is 2.52. The van der Waals surface area contributed by atoms with Crippen molar-refractivity contribution in [2.24, 2.45) is 0 Å². The van der Waals surface area contributed by atoms with Crippen molar-refractivity contribution in [3.63, 3.8) is 0 Å². The van der Waals surface area contributed by atoms with Crippen molar-refractivity contribution in [3.05, 3.63) is 58.5 Å². The van der Waals surface area contributed by atoms with Crippen LogP contribution in [-0.4, -0.2) is 8.07 Å². The van der Waals surface area contributed by atoms with E-state index in [0.29, 0.717) is 11.1 Å². The molecule has 108 valence electrons. The Morgan fingerprint density at radius 1 is 0.810 bits per heavy atom. The van der Waals surface area contributed by atoms with Crippen molar-refractivity contribution in [2.75, 3.05) is 0 Å². The SMILES string of the molecule is CC1=Cc2ccoc2C1[Si](C)(C)C1C(C)=Cc2ccoc21. The maximum Gasteiger partial charge on any atom is 0.115 e. The van der Waals surface area contributed by atoms with E-state index < -0.39 is 8.07 Å². The van der Waals surface area contributed by atoms with Gasteiger partial charge in [0, 0.05) is 22.2 Å². The molecule has 0 radical (unpaired) electrons. The van der Waals surface area contributed by atoms with Crippen LogP contribution in [0.25, 0.3) is 12.2 Å². The van der Waals surface area contributed by atoms with Crippen molar-refractivity contribution >= 4 is 20.2 Å². The van der Waals surface area contributed by atoms with Crippen LogP contribution in [-0.2, 0) is 0 Å². The lowest BCUT2D eigenvalue weighted by atomic mass is 10.2. The molecule has 2 aromatic heterocycles. The summed E-state index contributed by atoms with van der Waals surface area (Å²) in [6.45, 7) is 9.41. The number of rotatable bonds is 2. The summed E-state index contributed by atoms with van der Waals surface area (Å²) < 4.78 is 11.7. The first kappa shape index (κ1) is 13.0. The van der Waals surface area contributed by atoms with Crippen molar-refractivity contribution in [1.29, 1.82) is 0 Å². The first-order valence-corrected chi connectivity index (χ1v) is 10.7. The zero-order valence-electron chi connectivity index (χ0n) is 12.9. The van der Waals surface area contributed by atoms with E-state index in [1.165, 1.54) is 22.3 Å². The summed E-state index contributed by atoms with van der Waals surface area (Å²) >= 11 is 0. The molecule has 3 heteroatoms. The Bertz CT molecular complexity index is 708. The molecule has 0 amide bonds. The third-order valence-corrected chi connectivity index (χ3v) is 9.55. The van der Waals surface area contributed by atoms with Gasteiger partial charge >= 0.3 is 0 Å². The lowest BCUT2D eigenvalue weighted by molar-refractivity contribution is 0.501. The van der Waals surface area contributed by atoms with Gasteiger partial charge in [0.05, 0.1) is 20.6 Å². The number of hydrogen-bond acceptors (Lipinski definition) is 2.